The van der Waals surface area contributed by atoms with Crippen LogP contribution in [-0.4, -0.2) is 11.4 Å². The van der Waals surface area contributed by atoms with Crippen LogP contribution in [0.25, 0.3) is 0 Å². The number of nitrogens with zero attached hydrogens (tertiary/aromatic N) is 1. The smallest absolute Gasteiger partial charge is 0.258 e. The molecule has 154 valence electrons. The average molecular weight is 422 g/mol. The number of benzene rings is 3. The molecule has 0 N–H and O–H groups in total. The monoisotopic (exact) mass is 421 g/mol. The topological polar surface area (TPSA) is 20.3 Å². The largest absolute Gasteiger partial charge is 0.302 e. The molecule has 30 heavy (non-hydrogen) atoms. The summed E-state index contributed by atoms with van der Waals surface area (Å²) < 4.78 is 13.8. The van der Waals surface area contributed by atoms with Crippen LogP contribution in [0.15, 0.2) is 66.7 Å². The molecular weight excluding hydrogens is 397 g/mol. The van der Waals surface area contributed by atoms with Gasteiger partial charge in [-0.3, -0.25) is 4.79 Å². The van der Waals surface area contributed by atoms with E-state index >= 15 is 0 Å². The molecule has 0 saturated heterocycles. The van der Waals surface area contributed by atoms with Crippen LogP contribution < -0.4 is 4.90 Å². The van der Waals surface area contributed by atoms with Crippen molar-refractivity contribution >= 4 is 23.2 Å². The molecule has 4 heteroatoms. The lowest BCUT2D eigenvalue weighted by Crippen LogP contribution is -2.56. The molecule has 3 aromatic rings. The number of carbonyl (C=O) groups excluding carboxylic acids is 1. The molecule has 3 aromatic carbocycles. The molecule has 0 bridgehead atoms. The van der Waals surface area contributed by atoms with Crippen molar-refractivity contribution in [1.29, 1.82) is 0 Å². The van der Waals surface area contributed by atoms with Gasteiger partial charge in [-0.15, -0.1) is 0 Å². The Morgan fingerprint density at radius 3 is 2.37 bits per heavy atom. The van der Waals surface area contributed by atoms with E-state index in [0.717, 1.165) is 28.8 Å². The van der Waals surface area contributed by atoms with Crippen LogP contribution in [0.1, 0.15) is 54.2 Å². The van der Waals surface area contributed by atoms with Gasteiger partial charge in [0.2, 0.25) is 0 Å². The van der Waals surface area contributed by atoms with Crippen molar-refractivity contribution in [1.82, 2.24) is 0 Å². The first kappa shape index (κ1) is 20.6. The summed E-state index contributed by atoms with van der Waals surface area (Å²) in [6.07, 6.45) is 0.721. The second-order valence-electron chi connectivity index (χ2n) is 9.00. The Hall–Kier alpha value is -2.65. The van der Waals surface area contributed by atoms with Gasteiger partial charge in [0.05, 0.1) is 0 Å². The Morgan fingerprint density at radius 2 is 1.70 bits per heavy atom. The van der Waals surface area contributed by atoms with E-state index in [1.54, 1.807) is 12.1 Å². The van der Waals surface area contributed by atoms with Crippen molar-refractivity contribution < 1.29 is 9.18 Å². The molecule has 1 heterocycles. The van der Waals surface area contributed by atoms with E-state index in [9.17, 15) is 9.18 Å². The predicted molar refractivity (Wildman–Crippen MR) is 121 cm³/mol. The third-order valence-electron chi connectivity index (χ3n) is 6.13. The van der Waals surface area contributed by atoms with Crippen molar-refractivity contribution in [2.45, 2.75) is 45.1 Å². The van der Waals surface area contributed by atoms with Gasteiger partial charge in [-0.1, -0.05) is 54.4 Å². The van der Waals surface area contributed by atoms with Gasteiger partial charge in [0.25, 0.3) is 5.91 Å². The first-order chi connectivity index (χ1) is 14.1. The Balaban J connectivity index is 1.92. The van der Waals surface area contributed by atoms with E-state index in [1.807, 2.05) is 29.2 Å². The Labute approximate surface area is 182 Å². The SMILES string of the molecule is Cc1ccc2c(c1)[C@](C)(c1ccc(Cl)cc1)CC(C)(C)N2C(=O)c1cccc(F)c1. The van der Waals surface area contributed by atoms with Crippen LogP contribution in [0.4, 0.5) is 10.1 Å². The van der Waals surface area contributed by atoms with Gasteiger partial charge < -0.3 is 4.90 Å². The highest BCUT2D eigenvalue weighted by atomic mass is 35.5. The summed E-state index contributed by atoms with van der Waals surface area (Å²) in [5.41, 5.74) is 3.81. The van der Waals surface area contributed by atoms with Gasteiger partial charge in [-0.2, -0.15) is 0 Å². The zero-order valence-corrected chi connectivity index (χ0v) is 18.4. The summed E-state index contributed by atoms with van der Waals surface area (Å²) in [4.78, 5) is 15.4. The Kier molecular flexibility index (Phi) is 4.98. The minimum Gasteiger partial charge on any atom is -0.302 e. The number of rotatable bonds is 2. The van der Waals surface area contributed by atoms with Crippen molar-refractivity contribution in [3.05, 3.63) is 99.8 Å². The van der Waals surface area contributed by atoms with Crippen molar-refractivity contribution in [2.24, 2.45) is 0 Å². The Bertz CT molecular complexity index is 1120. The quantitative estimate of drug-likeness (QED) is 0.439. The van der Waals surface area contributed by atoms with E-state index in [0.29, 0.717) is 10.6 Å². The molecule has 0 aromatic heterocycles. The Morgan fingerprint density at radius 1 is 1.00 bits per heavy atom. The van der Waals surface area contributed by atoms with Gasteiger partial charge in [0, 0.05) is 27.2 Å². The number of halogens is 2. The average Bonchev–Trinajstić information content (AvgIpc) is 2.68. The first-order valence-electron chi connectivity index (χ1n) is 10.1. The van der Waals surface area contributed by atoms with Crippen LogP contribution in [-0.2, 0) is 5.41 Å². The van der Waals surface area contributed by atoms with Crippen LogP contribution in [0.3, 0.4) is 0 Å². The number of anilines is 1. The molecule has 1 amide bonds. The molecule has 0 aliphatic carbocycles. The van der Waals surface area contributed by atoms with E-state index in [2.05, 4.69) is 45.9 Å². The summed E-state index contributed by atoms with van der Waals surface area (Å²) >= 11 is 6.14. The second kappa shape index (κ2) is 7.24. The standard InChI is InChI=1S/C26H25ClFNO/c1-17-8-13-23-22(14-17)26(4,19-9-11-20(27)12-10-19)16-25(2,3)29(23)24(30)18-6-5-7-21(28)15-18/h5-15H,16H2,1-4H3/t26-/m0/s1. The van der Waals surface area contributed by atoms with Gasteiger partial charge in [0.15, 0.2) is 0 Å². The maximum atomic E-state index is 13.8. The lowest BCUT2D eigenvalue weighted by Gasteiger charge is -2.51. The van der Waals surface area contributed by atoms with E-state index in [1.165, 1.54) is 12.1 Å². The van der Waals surface area contributed by atoms with Crippen LogP contribution in [0, 0.1) is 12.7 Å². The third kappa shape index (κ3) is 3.41. The van der Waals surface area contributed by atoms with Crippen molar-refractivity contribution in [3.63, 3.8) is 0 Å². The van der Waals surface area contributed by atoms with Gasteiger partial charge in [0.1, 0.15) is 5.82 Å². The summed E-state index contributed by atoms with van der Waals surface area (Å²) in [5, 5.41) is 0.699. The molecule has 0 unspecified atom stereocenters. The number of hydrogen-bond acceptors (Lipinski definition) is 1. The lowest BCUT2D eigenvalue weighted by molar-refractivity contribution is 0.0948. The fraction of sp³-hybridized carbons (Fsp3) is 0.269. The number of aryl methyl sites for hydroxylation is 1. The third-order valence-corrected chi connectivity index (χ3v) is 6.39. The highest BCUT2D eigenvalue weighted by molar-refractivity contribution is 6.30. The molecular formula is C26H25ClFNO. The van der Waals surface area contributed by atoms with Gasteiger partial charge in [-0.25, -0.2) is 4.39 Å². The van der Waals surface area contributed by atoms with Crippen LogP contribution in [0.5, 0.6) is 0 Å². The van der Waals surface area contributed by atoms with Crippen LogP contribution >= 0.6 is 11.6 Å². The molecule has 2 nitrogen and oxygen atoms in total. The highest BCUT2D eigenvalue weighted by Crippen LogP contribution is 2.51. The fourth-order valence-electron chi connectivity index (χ4n) is 4.86. The lowest BCUT2D eigenvalue weighted by atomic mass is 9.65. The molecule has 0 fully saturated rings. The molecule has 1 aliphatic rings. The number of amides is 1. The maximum Gasteiger partial charge on any atom is 0.258 e. The van der Waals surface area contributed by atoms with Crippen molar-refractivity contribution in [3.8, 4) is 0 Å². The zero-order valence-electron chi connectivity index (χ0n) is 17.7. The molecule has 0 spiro atoms. The predicted octanol–water partition coefficient (Wildman–Crippen LogP) is 6.92. The van der Waals surface area contributed by atoms with Gasteiger partial charge >= 0.3 is 0 Å². The summed E-state index contributed by atoms with van der Waals surface area (Å²) in [6.45, 7) is 8.42. The molecule has 0 saturated carbocycles. The highest BCUT2D eigenvalue weighted by Gasteiger charge is 2.48. The summed E-state index contributed by atoms with van der Waals surface area (Å²) in [7, 11) is 0. The van der Waals surface area contributed by atoms with Crippen LogP contribution in [0.2, 0.25) is 5.02 Å². The molecule has 0 radical (unpaired) electrons. The maximum absolute atomic E-state index is 13.8. The minimum atomic E-state index is -0.486. The normalized spacial score (nSPS) is 20.0. The zero-order chi connectivity index (χ0) is 21.7. The van der Waals surface area contributed by atoms with E-state index in [-0.39, 0.29) is 11.3 Å². The number of carbonyl (C=O) groups is 1. The molecule has 4 rings (SSSR count). The molecule has 1 aliphatic heterocycles. The van der Waals surface area contributed by atoms with Crippen molar-refractivity contribution in [2.75, 3.05) is 4.90 Å². The second-order valence-corrected chi connectivity index (χ2v) is 9.44. The van der Waals surface area contributed by atoms with E-state index < -0.39 is 11.4 Å². The fourth-order valence-corrected chi connectivity index (χ4v) is 4.99. The summed E-state index contributed by atoms with van der Waals surface area (Å²) in [6, 6.07) is 20.0. The summed E-state index contributed by atoms with van der Waals surface area (Å²) in [5.74, 6) is -0.603. The minimum absolute atomic E-state index is 0.192. The number of hydrogen-bond donors (Lipinski definition) is 0. The first-order valence-corrected chi connectivity index (χ1v) is 10.5. The number of fused-ring (bicyclic) bond motifs is 1. The molecule has 1 atom stereocenters. The van der Waals surface area contributed by atoms with E-state index in [4.69, 9.17) is 11.6 Å². The van der Waals surface area contributed by atoms with Gasteiger partial charge in [-0.05, 0) is 74.7 Å².